The monoisotopic (exact) mass is 410 g/mol. The van der Waals surface area contributed by atoms with Gasteiger partial charge in [-0.3, -0.25) is 4.90 Å². The van der Waals surface area contributed by atoms with Crippen LogP contribution in [0.1, 0.15) is 22.0 Å². The van der Waals surface area contributed by atoms with Gasteiger partial charge in [0.2, 0.25) is 10.0 Å². The third-order valence-corrected chi connectivity index (χ3v) is 7.31. The quantitative estimate of drug-likeness (QED) is 0.760. The van der Waals surface area contributed by atoms with Crippen LogP contribution >= 0.6 is 11.3 Å². The number of rotatable bonds is 7. The van der Waals surface area contributed by atoms with Crippen molar-refractivity contribution in [3.05, 3.63) is 45.6 Å². The van der Waals surface area contributed by atoms with Crippen LogP contribution in [0.3, 0.4) is 0 Å². The molecule has 1 atom stereocenters. The number of methoxy groups -OCH3 is 1. The first-order chi connectivity index (χ1) is 12.9. The summed E-state index contributed by atoms with van der Waals surface area (Å²) in [5, 5.41) is 2.02. The number of sulfonamides is 1. The van der Waals surface area contributed by atoms with Gasteiger partial charge >= 0.3 is 0 Å². The van der Waals surface area contributed by atoms with Crippen LogP contribution in [0.15, 0.2) is 34.5 Å². The molecule has 1 aromatic heterocycles. The van der Waals surface area contributed by atoms with Gasteiger partial charge in [-0.1, -0.05) is 6.07 Å². The molecular weight excluding hydrogens is 384 g/mol. The molecule has 8 heteroatoms. The highest BCUT2D eigenvalue weighted by molar-refractivity contribution is 7.89. The first-order valence-electron chi connectivity index (χ1n) is 8.92. The first kappa shape index (κ1) is 20.3. The number of benzene rings is 1. The normalized spacial score (nSPS) is 17.0. The fourth-order valence-electron chi connectivity index (χ4n) is 3.18. The van der Waals surface area contributed by atoms with Crippen molar-refractivity contribution < 1.29 is 17.9 Å². The van der Waals surface area contributed by atoms with Crippen LogP contribution in [0.2, 0.25) is 0 Å². The van der Waals surface area contributed by atoms with Crippen LogP contribution in [0.4, 0.5) is 0 Å². The summed E-state index contributed by atoms with van der Waals surface area (Å²) in [6, 6.07) is 7.47. The molecule has 1 saturated heterocycles. The Bertz CT molecular complexity index is 860. The van der Waals surface area contributed by atoms with Crippen molar-refractivity contribution in [2.45, 2.75) is 24.8 Å². The second-order valence-corrected chi connectivity index (χ2v) is 9.33. The van der Waals surface area contributed by atoms with Crippen molar-refractivity contribution in [2.24, 2.45) is 0 Å². The molecule has 0 amide bonds. The van der Waals surface area contributed by atoms with Gasteiger partial charge in [0.25, 0.3) is 0 Å². The number of nitrogens with one attached hydrogen (secondary N) is 1. The van der Waals surface area contributed by atoms with Crippen LogP contribution in [-0.4, -0.2) is 53.3 Å². The Kier molecular flexibility index (Phi) is 6.54. The number of nitrogens with zero attached hydrogens (tertiary/aromatic N) is 1. The van der Waals surface area contributed by atoms with E-state index in [0.717, 1.165) is 29.1 Å². The molecule has 148 valence electrons. The zero-order valence-corrected chi connectivity index (χ0v) is 17.5. The Balaban J connectivity index is 1.83. The van der Waals surface area contributed by atoms with Crippen molar-refractivity contribution in [1.82, 2.24) is 9.62 Å². The summed E-state index contributed by atoms with van der Waals surface area (Å²) in [5.74, 6) is 0.365. The molecule has 27 heavy (non-hydrogen) atoms. The molecule has 1 N–H and O–H groups in total. The van der Waals surface area contributed by atoms with Crippen LogP contribution < -0.4 is 9.46 Å². The molecule has 3 rings (SSSR count). The highest BCUT2D eigenvalue weighted by Gasteiger charge is 2.27. The molecule has 0 spiro atoms. The van der Waals surface area contributed by atoms with Gasteiger partial charge in [0.15, 0.2) is 0 Å². The third kappa shape index (κ3) is 4.70. The summed E-state index contributed by atoms with van der Waals surface area (Å²) >= 11 is 1.64. The van der Waals surface area contributed by atoms with Gasteiger partial charge in [-0.25, -0.2) is 13.1 Å². The maximum Gasteiger partial charge on any atom is 0.244 e. The molecule has 0 radical (unpaired) electrons. The van der Waals surface area contributed by atoms with E-state index in [9.17, 15) is 8.42 Å². The largest absolute Gasteiger partial charge is 0.495 e. The van der Waals surface area contributed by atoms with Crippen LogP contribution in [0, 0.1) is 13.8 Å². The first-order valence-corrected chi connectivity index (χ1v) is 11.3. The zero-order valence-electron chi connectivity index (χ0n) is 15.9. The Morgan fingerprint density at radius 2 is 1.96 bits per heavy atom. The average molecular weight is 411 g/mol. The van der Waals surface area contributed by atoms with Crippen LogP contribution in [0.5, 0.6) is 5.75 Å². The van der Waals surface area contributed by atoms with Crippen molar-refractivity contribution >= 4 is 21.4 Å². The molecule has 1 unspecified atom stereocenters. The smallest absolute Gasteiger partial charge is 0.244 e. The number of ether oxygens (including phenoxy) is 2. The molecule has 2 aromatic rings. The molecule has 2 heterocycles. The second kappa shape index (κ2) is 8.70. The lowest BCUT2D eigenvalue weighted by atomic mass is 10.1. The summed E-state index contributed by atoms with van der Waals surface area (Å²) < 4.78 is 39.6. The Morgan fingerprint density at radius 1 is 1.26 bits per heavy atom. The number of morpholine rings is 1. The molecule has 1 aromatic carbocycles. The lowest BCUT2D eigenvalue weighted by molar-refractivity contribution is 0.0179. The molecular formula is C19H26N2O4S2. The van der Waals surface area contributed by atoms with E-state index >= 15 is 0 Å². The van der Waals surface area contributed by atoms with Gasteiger partial charge in [-0.15, -0.1) is 11.3 Å². The fourth-order valence-corrected chi connectivity index (χ4v) is 5.31. The number of hydrogen-bond donors (Lipinski definition) is 1. The van der Waals surface area contributed by atoms with E-state index in [0.29, 0.717) is 25.5 Å². The molecule has 0 aliphatic carbocycles. The molecule has 1 aliphatic heterocycles. The zero-order chi connectivity index (χ0) is 19.4. The summed E-state index contributed by atoms with van der Waals surface area (Å²) in [7, 11) is -2.20. The number of aryl methyl sites for hydroxylation is 2. The Morgan fingerprint density at radius 3 is 2.59 bits per heavy atom. The molecule has 1 aliphatic rings. The van der Waals surface area contributed by atoms with Crippen LogP contribution in [-0.2, 0) is 14.8 Å². The van der Waals surface area contributed by atoms with E-state index in [2.05, 4.69) is 15.7 Å². The highest BCUT2D eigenvalue weighted by atomic mass is 32.2. The predicted molar refractivity (Wildman–Crippen MR) is 107 cm³/mol. The van der Waals surface area contributed by atoms with E-state index in [-0.39, 0.29) is 10.9 Å². The van der Waals surface area contributed by atoms with Gasteiger partial charge in [0.1, 0.15) is 10.6 Å². The van der Waals surface area contributed by atoms with Gasteiger partial charge in [0, 0.05) is 24.5 Å². The summed E-state index contributed by atoms with van der Waals surface area (Å²) in [6.07, 6.45) is 0. The lowest BCUT2D eigenvalue weighted by Gasteiger charge is -2.34. The lowest BCUT2D eigenvalue weighted by Crippen LogP contribution is -2.43. The highest BCUT2D eigenvalue weighted by Crippen LogP contribution is 2.29. The van der Waals surface area contributed by atoms with Gasteiger partial charge in [-0.05, 0) is 48.6 Å². The van der Waals surface area contributed by atoms with Crippen LogP contribution in [0.25, 0.3) is 0 Å². The third-order valence-electron chi connectivity index (χ3n) is 4.89. The molecule has 1 fully saturated rings. The summed E-state index contributed by atoms with van der Waals surface area (Å²) in [4.78, 5) is 3.60. The van der Waals surface area contributed by atoms with E-state index in [1.54, 1.807) is 23.5 Å². The van der Waals surface area contributed by atoms with E-state index in [1.807, 2.05) is 25.3 Å². The van der Waals surface area contributed by atoms with Gasteiger partial charge in [-0.2, -0.15) is 0 Å². The fraction of sp³-hybridized carbons (Fsp3) is 0.474. The summed E-state index contributed by atoms with van der Waals surface area (Å²) in [5.41, 5.74) is 1.91. The van der Waals surface area contributed by atoms with E-state index in [1.165, 1.54) is 7.11 Å². The van der Waals surface area contributed by atoms with E-state index in [4.69, 9.17) is 9.47 Å². The minimum atomic E-state index is -3.70. The number of thiophene rings is 1. The maximum absolute atomic E-state index is 13.0. The van der Waals surface area contributed by atoms with Gasteiger partial charge in [0.05, 0.1) is 26.4 Å². The second-order valence-electron chi connectivity index (χ2n) is 6.62. The minimum Gasteiger partial charge on any atom is -0.495 e. The summed E-state index contributed by atoms with van der Waals surface area (Å²) in [6.45, 7) is 7.05. The topological polar surface area (TPSA) is 67.9 Å². The standard InChI is InChI=1S/C19H26N2O4S2/c1-14-11-17(24-3)19(12-15(14)2)27(22,23)20-13-16(18-5-4-10-26-18)21-6-8-25-9-7-21/h4-5,10-12,16,20H,6-9,13H2,1-3H3. The van der Waals surface area contributed by atoms with Crippen molar-refractivity contribution in [2.75, 3.05) is 40.0 Å². The maximum atomic E-state index is 13.0. The Hall–Kier alpha value is -1.45. The molecule has 0 saturated carbocycles. The van der Waals surface area contributed by atoms with E-state index < -0.39 is 10.0 Å². The SMILES string of the molecule is COc1cc(C)c(C)cc1S(=O)(=O)NCC(c1cccs1)N1CCOCC1. The molecule has 6 nitrogen and oxygen atoms in total. The minimum absolute atomic E-state index is 0.0128. The van der Waals surface area contributed by atoms with Gasteiger partial charge < -0.3 is 9.47 Å². The van der Waals surface area contributed by atoms with Crippen molar-refractivity contribution in [3.8, 4) is 5.75 Å². The predicted octanol–water partition coefficient (Wildman–Crippen LogP) is 2.73. The average Bonchev–Trinajstić information content (AvgIpc) is 3.19. The van der Waals surface area contributed by atoms with Crippen molar-refractivity contribution in [3.63, 3.8) is 0 Å². The molecule has 0 bridgehead atoms. The number of hydrogen-bond acceptors (Lipinski definition) is 6. The Labute approximate surface area is 165 Å². The van der Waals surface area contributed by atoms with Crippen molar-refractivity contribution in [1.29, 1.82) is 0 Å².